The molecule has 2 aromatic carbocycles. The van der Waals surface area contributed by atoms with Crippen LogP contribution >= 0.6 is 0 Å². The van der Waals surface area contributed by atoms with Gasteiger partial charge in [0.15, 0.2) is 5.76 Å². The Morgan fingerprint density at radius 2 is 1.81 bits per heavy atom. The minimum absolute atomic E-state index is 0.0912. The predicted molar refractivity (Wildman–Crippen MR) is 127 cm³/mol. The molecule has 1 aromatic heterocycles. The quantitative estimate of drug-likeness (QED) is 0.626. The number of likely N-dealkylation sites (N-methyl/N-ethyl adjacent to an activating group) is 1. The normalized spacial score (nSPS) is 15.6. The van der Waals surface area contributed by atoms with Crippen LogP contribution in [-0.2, 0) is 4.79 Å². The number of carbonyl (C=O) groups is 2. The first kappa shape index (κ1) is 21.7. The minimum atomic E-state index is -0.280. The third-order valence-electron chi connectivity index (χ3n) is 6.18. The molecule has 0 saturated carbocycles. The summed E-state index contributed by atoms with van der Waals surface area (Å²) in [6.07, 6.45) is 0.954. The van der Waals surface area contributed by atoms with Crippen LogP contribution in [0.2, 0.25) is 0 Å². The van der Waals surface area contributed by atoms with Gasteiger partial charge in [0, 0.05) is 44.0 Å². The number of furan rings is 1. The molecule has 1 saturated heterocycles. The summed E-state index contributed by atoms with van der Waals surface area (Å²) in [5, 5.41) is 2.90. The second-order valence-corrected chi connectivity index (χ2v) is 8.50. The number of nitrogens with zero attached hydrogens (tertiary/aromatic N) is 2. The lowest BCUT2D eigenvalue weighted by atomic mass is 10.0. The Hall–Kier alpha value is -3.54. The summed E-state index contributed by atoms with van der Waals surface area (Å²) >= 11 is 0. The molecule has 1 fully saturated rings. The smallest absolute Gasteiger partial charge is 0.291 e. The summed E-state index contributed by atoms with van der Waals surface area (Å²) in [6.45, 7) is 7.41. The SMILES string of the molecule is CC(=O)N(C)C1CCN(c2ccc(NC(=O)c3ccc(-c4ccc(C)cc4C)o3)cc2)C1. The van der Waals surface area contributed by atoms with Crippen LogP contribution in [0, 0.1) is 13.8 Å². The molecule has 2 amide bonds. The van der Waals surface area contributed by atoms with Gasteiger partial charge in [0.2, 0.25) is 5.91 Å². The number of rotatable bonds is 5. The van der Waals surface area contributed by atoms with Gasteiger partial charge in [-0.1, -0.05) is 23.8 Å². The summed E-state index contributed by atoms with van der Waals surface area (Å²) in [4.78, 5) is 28.4. The highest BCUT2D eigenvalue weighted by Gasteiger charge is 2.27. The molecule has 1 N–H and O–H groups in total. The van der Waals surface area contributed by atoms with Crippen molar-refractivity contribution in [2.24, 2.45) is 0 Å². The van der Waals surface area contributed by atoms with Crippen molar-refractivity contribution in [3.8, 4) is 11.3 Å². The molecule has 1 aliphatic rings. The number of hydrogen-bond donors (Lipinski definition) is 1. The van der Waals surface area contributed by atoms with Crippen LogP contribution in [0.4, 0.5) is 11.4 Å². The van der Waals surface area contributed by atoms with Gasteiger partial charge in [0.05, 0.1) is 6.04 Å². The van der Waals surface area contributed by atoms with Crippen LogP contribution in [0.25, 0.3) is 11.3 Å². The number of anilines is 2. The molecule has 0 spiro atoms. The topological polar surface area (TPSA) is 65.8 Å². The van der Waals surface area contributed by atoms with Gasteiger partial charge in [-0.15, -0.1) is 0 Å². The van der Waals surface area contributed by atoms with Crippen molar-refractivity contribution in [3.05, 3.63) is 71.5 Å². The third kappa shape index (κ3) is 4.54. The Morgan fingerprint density at radius 3 is 2.50 bits per heavy atom. The van der Waals surface area contributed by atoms with Crippen molar-refractivity contribution in [2.45, 2.75) is 33.2 Å². The van der Waals surface area contributed by atoms with E-state index < -0.39 is 0 Å². The van der Waals surface area contributed by atoms with Crippen molar-refractivity contribution in [2.75, 3.05) is 30.4 Å². The third-order valence-corrected chi connectivity index (χ3v) is 6.18. The van der Waals surface area contributed by atoms with Gasteiger partial charge in [0.1, 0.15) is 5.76 Å². The Morgan fingerprint density at radius 1 is 1.06 bits per heavy atom. The van der Waals surface area contributed by atoms with Crippen LogP contribution < -0.4 is 10.2 Å². The van der Waals surface area contributed by atoms with E-state index in [2.05, 4.69) is 23.2 Å². The first-order valence-corrected chi connectivity index (χ1v) is 10.9. The summed E-state index contributed by atoms with van der Waals surface area (Å²) in [7, 11) is 1.86. The fraction of sp³-hybridized carbons (Fsp3) is 0.308. The van der Waals surface area contributed by atoms with Crippen LogP contribution in [0.5, 0.6) is 0 Å². The maximum atomic E-state index is 12.7. The van der Waals surface area contributed by atoms with Crippen molar-refractivity contribution in [1.82, 2.24) is 4.90 Å². The lowest BCUT2D eigenvalue weighted by Crippen LogP contribution is -2.37. The van der Waals surface area contributed by atoms with Crippen molar-refractivity contribution < 1.29 is 14.0 Å². The number of benzene rings is 2. The standard InChI is InChI=1S/C26H29N3O3/c1-17-5-10-23(18(2)15-17)24-11-12-25(32-24)26(31)27-20-6-8-21(9-7-20)29-14-13-22(16-29)28(4)19(3)30/h5-12,15,22H,13-14,16H2,1-4H3,(H,27,31). The monoisotopic (exact) mass is 431 g/mol. The Labute approximate surface area is 188 Å². The summed E-state index contributed by atoms with van der Waals surface area (Å²) in [5.74, 6) is 0.771. The fourth-order valence-corrected chi connectivity index (χ4v) is 4.19. The van der Waals surface area contributed by atoms with E-state index in [1.54, 1.807) is 13.0 Å². The molecule has 6 nitrogen and oxygen atoms in total. The second-order valence-electron chi connectivity index (χ2n) is 8.50. The van der Waals surface area contributed by atoms with Crippen molar-refractivity contribution in [3.63, 3.8) is 0 Å². The lowest BCUT2D eigenvalue weighted by Gasteiger charge is -2.24. The zero-order chi connectivity index (χ0) is 22.8. The molecule has 166 valence electrons. The fourth-order valence-electron chi connectivity index (χ4n) is 4.19. The Balaban J connectivity index is 1.39. The van der Waals surface area contributed by atoms with Crippen LogP contribution in [-0.4, -0.2) is 42.9 Å². The van der Waals surface area contributed by atoms with E-state index in [1.165, 1.54) is 5.56 Å². The maximum Gasteiger partial charge on any atom is 0.291 e. The van der Waals surface area contributed by atoms with Gasteiger partial charge in [0.25, 0.3) is 5.91 Å². The molecule has 0 aliphatic carbocycles. The number of nitrogens with one attached hydrogen (secondary N) is 1. The van der Waals surface area contributed by atoms with Gasteiger partial charge < -0.3 is 19.5 Å². The first-order chi connectivity index (χ1) is 15.3. The van der Waals surface area contributed by atoms with Crippen LogP contribution in [0.3, 0.4) is 0 Å². The van der Waals surface area contributed by atoms with Crippen molar-refractivity contribution >= 4 is 23.2 Å². The second kappa shape index (κ2) is 8.91. The molecule has 4 rings (SSSR count). The number of carbonyl (C=O) groups excluding carboxylic acids is 2. The number of aryl methyl sites for hydroxylation is 2. The van der Waals surface area contributed by atoms with Crippen LogP contribution in [0.1, 0.15) is 35.0 Å². The average molecular weight is 432 g/mol. The minimum Gasteiger partial charge on any atom is -0.451 e. The molecule has 32 heavy (non-hydrogen) atoms. The lowest BCUT2D eigenvalue weighted by molar-refractivity contribution is -0.129. The number of hydrogen-bond acceptors (Lipinski definition) is 4. The molecular formula is C26H29N3O3. The van der Waals surface area contributed by atoms with Crippen molar-refractivity contribution in [1.29, 1.82) is 0 Å². The Kier molecular flexibility index (Phi) is 6.04. The number of amides is 2. The van der Waals surface area contributed by atoms with Gasteiger partial charge >= 0.3 is 0 Å². The molecular weight excluding hydrogens is 402 g/mol. The van der Waals surface area contributed by atoms with Crippen LogP contribution in [0.15, 0.2) is 59.0 Å². The van der Waals surface area contributed by atoms with E-state index in [0.717, 1.165) is 36.3 Å². The highest BCUT2D eigenvalue weighted by Crippen LogP contribution is 2.27. The summed E-state index contributed by atoms with van der Waals surface area (Å²) in [5.41, 5.74) is 5.07. The zero-order valence-electron chi connectivity index (χ0n) is 19.0. The van der Waals surface area contributed by atoms with E-state index in [1.807, 2.05) is 61.3 Å². The molecule has 2 heterocycles. The van der Waals surface area contributed by atoms with E-state index >= 15 is 0 Å². The summed E-state index contributed by atoms with van der Waals surface area (Å²) in [6, 6.07) is 17.7. The molecule has 3 aromatic rings. The maximum absolute atomic E-state index is 12.7. The molecule has 0 bridgehead atoms. The molecule has 1 aliphatic heterocycles. The highest BCUT2D eigenvalue weighted by atomic mass is 16.3. The van der Waals surface area contributed by atoms with E-state index in [0.29, 0.717) is 11.4 Å². The molecule has 0 radical (unpaired) electrons. The Bertz CT molecular complexity index is 1130. The largest absolute Gasteiger partial charge is 0.451 e. The van der Waals surface area contributed by atoms with Gasteiger partial charge in [-0.25, -0.2) is 0 Å². The van der Waals surface area contributed by atoms with Gasteiger partial charge in [-0.2, -0.15) is 0 Å². The summed E-state index contributed by atoms with van der Waals surface area (Å²) < 4.78 is 5.83. The first-order valence-electron chi connectivity index (χ1n) is 10.9. The van der Waals surface area contributed by atoms with E-state index in [9.17, 15) is 9.59 Å². The average Bonchev–Trinajstić information content (AvgIpc) is 3.44. The molecule has 1 atom stereocenters. The predicted octanol–water partition coefficient (Wildman–Crippen LogP) is 4.87. The highest BCUT2D eigenvalue weighted by molar-refractivity contribution is 6.02. The van der Waals surface area contributed by atoms with E-state index in [-0.39, 0.29) is 23.6 Å². The van der Waals surface area contributed by atoms with E-state index in [4.69, 9.17) is 4.42 Å². The van der Waals surface area contributed by atoms with Gasteiger partial charge in [-0.3, -0.25) is 9.59 Å². The molecule has 6 heteroatoms. The molecule has 1 unspecified atom stereocenters. The zero-order valence-corrected chi connectivity index (χ0v) is 19.0. The van der Waals surface area contributed by atoms with Gasteiger partial charge in [-0.05, 0) is 62.2 Å².